The van der Waals surface area contributed by atoms with E-state index in [2.05, 4.69) is 15.5 Å². The fourth-order valence-electron chi connectivity index (χ4n) is 5.34. The number of hydrogen-bond donors (Lipinski definition) is 1. The first kappa shape index (κ1) is 32.0. The predicted octanol–water partition coefficient (Wildman–Crippen LogP) is 6.36. The Morgan fingerprint density at radius 1 is 0.936 bits per heavy atom. The van der Waals surface area contributed by atoms with Crippen LogP contribution in [0.1, 0.15) is 50.2 Å². The molecule has 3 aromatic carbocycles. The van der Waals surface area contributed by atoms with E-state index in [1.165, 1.54) is 11.8 Å². The van der Waals surface area contributed by atoms with E-state index in [-0.39, 0.29) is 30.2 Å². The van der Waals surface area contributed by atoms with Crippen molar-refractivity contribution in [1.29, 1.82) is 0 Å². The Morgan fingerprint density at radius 3 is 2.34 bits per heavy atom. The van der Waals surface area contributed by atoms with Crippen LogP contribution in [0.5, 0.6) is 11.5 Å². The molecule has 1 N–H and O–H groups in total. The highest BCUT2D eigenvalue weighted by atomic mass is 32.2. The molecule has 6 rings (SSSR count). The lowest BCUT2D eigenvalue weighted by atomic mass is 10.0. The minimum atomic E-state index is -0.245. The first-order valence-electron chi connectivity index (χ1n) is 15.0. The van der Waals surface area contributed by atoms with Gasteiger partial charge < -0.3 is 14.8 Å². The highest BCUT2D eigenvalue weighted by molar-refractivity contribution is 7.99. The highest BCUT2D eigenvalue weighted by Gasteiger charge is 2.34. The Hall–Kier alpha value is -4.94. The van der Waals surface area contributed by atoms with Crippen LogP contribution < -0.4 is 14.8 Å². The number of aryl methyl sites for hydroxylation is 1. The van der Waals surface area contributed by atoms with Gasteiger partial charge >= 0.3 is 0 Å². The third-order valence-electron chi connectivity index (χ3n) is 8.07. The molecule has 10 nitrogen and oxygen atoms in total. The molecule has 2 amide bonds. The van der Waals surface area contributed by atoms with Crippen molar-refractivity contribution < 1.29 is 19.1 Å². The van der Waals surface area contributed by atoms with Crippen molar-refractivity contribution in [2.75, 3.05) is 20.0 Å². The maximum atomic E-state index is 13.9. The van der Waals surface area contributed by atoms with Gasteiger partial charge in [0.05, 0.1) is 48.8 Å². The van der Waals surface area contributed by atoms with Gasteiger partial charge in [-0.3, -0.25) is 14.2 Å². The molecule has 1 atom stereocenters. The van der Waals surface area contributed by atoms with Gasteiger partial charge in [-0.2, -0.15) is 5.10 Å². The van der Waals surface area contributed by atoms with E-state index in [1.54, 1.807) is 54.8 Å². The number of hydrogen-bond acceptors (Lipinski definition) is 9. The number of ether oxygens (including phenoxy) is 2. The minimum absolute atomic E-state index is 0.0923. The summed E-state index contributed by atoms with van der Waals surface area (Å²) in [5.41, 5.74) is 5.40. The van der Waals surface area contributed by atoms with Crippen LogP contribution in [-0.2, 0) is 11.3 Å². The number of thiophene rings is 1. The SMILES string of the molecule is COc1ccc(C(=O)NCc2nnc(SCC(=O)N3N=C(c4cccs4)C[C@@H]3c3ccc(OC)cc3)n2-c2cccc(C)c2C)cc1. The Balaban J connectivity index is 1.25. The second kappa shape index (κ2) is 14.2. The van der Waals surface area contributed by atoms with Crippen molar-refractivity contribution in [3.05, 3.63) is 117 Å². The van der Waals surface area contributed by atoms with Crippen molar-refractivity contribution >= 4 is 40.6 Å². The van der Waals surface area contributed by atoms with Crippen LogP contribution in [-0.4, -0.2) is 57.3 Å². The Labute approximate surface area is 281 Å². The average Bonchev–Trinajstić information content (AvgIpc) is 3.88. The first-order valence-corrected chi connectivity index (χ1v) is 16.9. The zero-order valence-electron chi connectivity index (χ0n) is 26.5. The van der Waals surface area contributed by atoms with E-state index < -0.39 is 0 Å². The number of nitrogens with zero attached hydrogens (tertiary/aromatic N) is 5. The van der Waals surface area contributed by atoms with E-state index in [0.29, 0.717) is 28.7 Å². The predicted molar refractivity (Wildman–Crippen MR) is 184 cm³/mol. The van der Waals surface area contributed by atoms with Gasteiger partial charge in [0.25, 0.3) is 11.8 Å². The van der Waals surface area contributed by atoms with E-state index in [4.69, 9.17) is 14.6 Å². The fourth-order valence-corrected chi connectivity index (χ4v) is 6.88. The molecule has 0 radical (unpaired) electrons. The van der Waals surface area contributed by atoms with Gasteiger partial charge in [-0.25, -0.2) is 5.01 Å². The normalized spacial score (nSPS) is 14.2. The molecule has 1 aliphatic rings. The molecule has 0 fully saturated rings. The smallest absolute Gasteiger partial charge is 0.253 e. The number of aromatic nitrogens is 3. The van der Waals surface area contributed by atoms with E-state index in [1.807, 2.05) is 78.4 Å². The maximum absolute atomic E-state index is 13.9. The van der Waals surface area contributed by atoms with Crippen LogP contribution >= 0.6 is 23.1 Å². The summed E-state index contributed by atoms with van der Waals surface area (Å²) < 4.78 is 12.5. The number of carbonyl (C=O) groups excluding carboxylic acids is 2. The van der Waals surface area contributed by atoms with Crippen LogP contribution in [0.4, 0.5) is 0 Å². The van der Waals surface area contributed by atoms with Crippen LogP contribution in [0, 0.1) is 13.8 Å². The molecule has 1 aliphatic heterocycles. The van der Waals surface area contributed by atoms with Crippen LogP contribution in [0.3, 0.4) is 0 Å². The molecular formula is C35H34N6O4S2. The van der Waals surface area contributed by atoms with Crippen LogP contribution in [0.15, 0.2) is 94.5 Å². The van der Waals surface area contributed by atoms with E-state index in [0.717, 1.165) is 38.7 Å². The van der Waals surface area contributed by atoms with Crippen molar-refractivity contribution in [2.24, 2.45) is 5.10 Å². The lowest BCUT2D eigenvalue weighted by Gasteiger charge is -2.22. The fraction of sp³-hybridized carbons (Fsp3) is 0.229. The molecule has 0 unspecified atom stereocenters. The number of benzene rings is 3. The molecule has 3 heterocycles. The van der Waals surface area contributed by atoms with Crippen molar-refractivity contribution in [3.8, 4) is 17.2 Å². The summed E-state index contributed by atoms with van der Waals surface area (Å²) in [6, 6.07) is 24.4. The van der Waals surface area contributed by atoms with Crippen LogP contribution in [0.2, 0.25) is 0 Å². The molecule has 0 aliphatic carbocycles. The number of nitrogens with one attached hydrogen (secondary N) is 1. The molecule has 0 spiro atoms. The third-order valence-corrected chi connectivity index (χ3v) is 9.91. The number of amides is 2. The third kappa shape index (κ3) is 6.93. The van der Waals surface area contributed by atoms with Crippen molar-refractivity contribution in [1.82, 2.24) is 25.1 Å². The number of thioether (sulfide) groups is 1. The summed E-state index contributed by atoms with van der Waals surface area (Å²) in [6.45, 7) is 4.22. The summed E-state index contributed by atoms with van der Waals surface area (Å²) >= 11 is 2.90. The molecule has 2 aromatic heterocycles. The molecule has 5 aromatic rings. The monoisotopic (exact) mass is 666 g/mol. The van der Waals surface area contributed by atoms with Gasteiger partial charge in [0.15, 0.2) is 11.0 Å². The average molecular weight is 667 g/mol. The maximum Gasteiger partial charge on any atom is 0.253 e. The summed E-state index contributed by atoms with van der Waals surface area (Å²) in [5, 5.41) is 20.8. The first-order chi connectivity index (χ1) is 22.9. The Kier molecular flexibility index (Phi) is 9.69. The van der Waals surface area contributed by atoms with Crippen LogP contribution in [0.25, 0.3) is 5.69 Å². The highest BCUT2D eigenvalue weighted by Crippen LogP contribution is 2.35. The summed E-state index contributed by atoms with van der Waals surface area (Å²) in [6.07, 6.45) is 0.611. The molecule has 0 saturated carbocycles. The molecule has 240 valence electrons. The second-order valence-corrected chi connectivity index (χ2v) is 12.8. The Morgan fingerprint density at radius 2 is 1.66 bits per heavy atom. The van der Waals surface area contributed by atoms with Gasteiger partial charge in [0.1, 0.15) is 11.5 Å². The molecule has 0 saturated heterocycles. The Bertz CT molecular complexity index is 1900. The topological polar surface area (TPSA) is 111 Å². The second-order valence-electron chi connectivity index (χ2n) is 10.9. The summed E-state index contributed by atoms with van der Waals surface area (Å²) in [5.74, 6) is 1.67. The summed E-state index contributed by atoms with van der Waals surface area (Å²) in [4.78, 5) is 27.9. The number of rotatable bonds is 11. The molecular weight excluding hydrogens is 633 g/mol. The van der Waals surface area contributed by atoms with Gasteiger partial charge in [-0.05, 0) is 84.4 Å². The number of hydrazone groups is 1. The lowest BCUT2D eigenvalue weighted by molar-refractivity contribution is -0.130. The van der Waals surface area contributed by atoms with Crippen molar-refractivity contribution in [3.63, 3.8) is 0 Å². The zero-order valence-corrected chi connectivity index (χ0v) is 28.1. The zero-order chi connectivity index (χ0) is 32.9. The van der Waals surface area contributed by atoms with Gasteiger partial charge in [0.2, 0.25) is 0 Å². The van der Waals surface area contributed by atoms with Gasteiger partial charge in [-0.15, -0.1) is 21.5 Å². The minimum Gasteiger partial charge on any atom is -0.497 e. The number of carbonyl (C=O) groups is 2. The quantitative estimate of drug-likeness (QED) is 0.163. The van der Waals surface area contributed by atoms with E-state index in [9.17, 15) is 9.59 Å². The molecule has 47 heavy (non-hydrogen) atoms. The van der Waals surface area contributed by atoms with Gasteiger partial charge in [0, 0.05) is 12.0 Å². The standard InChI is InChI=1S/C35H34N6O4S2/c1-22-7-5-8-29(23(22)2)40-32(20-36-34(43)25-12-16-27(45-4)17-13-25)37-38-35(40)47-21-33(42)41-30(24-10-14-26(44-3)15-11-24)19-28(39-41)31-9-6-18-46-31/h5-18,30H,19-21H2,1-4H3,(H,36,43)/t30-/m1/s1. The molecule has 0 bridgehead atoms. The van der Waals surface area contributed by atoms with Gasteiger partial charge in [-0.1, -0.05) is 42.1 Å². The van der Waals surface area contributed by atoms with Crippen molar-refractivity contribution in [2.45, 2.75) is 38.0 Å². The summed E-state index contributed by atoms with van der Waals surface area (Å²) in [7, 11) is 3.21. The molecule has 12 heteroatoms. The lowest BCUT2D eigenvalue weighted by Crippen LogP contribution is -2.28. The number of methoxy groups -OCH3 is 2. The van der Waals surface area contributed by atoms with E-state index >= 15 is 0 Å². The largest absolute Gasteiger partial charge is 0.497 e.